The van der Waals surface area contributed by atoms with E-state index in [0.717, 1.165) is 48.1 Å². The van der Waals surface area contributed by atoms with Gasteiger partial charge in [-0.1, -0.05) is 43.6 Å². The van der Waals surface area contributed by atoms with Crippen molar-refractivity contribution >= 4 is 6.09 Å². The number of hydrogen-bond acceptors (Lipinski definition) is 3. The number of aromatic hydroxyl groups is 2. The standard InChI is InChI=1S/C24H35NO4/c1-6-7-8-9-17-13-21(26)22(23(27)20(17)14-25(5)24(28)29)19-12-16(4)10-11-18(19)15(2)3/h12-13,18-19,26-27H,2,6-11,14H2,1,3-5H3,(H,28,29). The average Bonchev–Trinajstić information content (AvgIpc) is 2.64. The van der Waals surface area contributed by atoms with Crippen LogP contribution in [0.2, 0.25) is 0 Å². The Labute approximate surface area is 174 Å². The average molecular weight is 402 g/mol. The van der Waals surface area contributed by atoms with E-state index in [1.165, 1.54) is 12.6 Å². The minimum atomic E-state index is -1.05. The Balaban J connectivity index is 2.58. The first-order chi connectivity index (χ1) is 13.7. The number of carbonyl (C=O) groups is 1. The summed E-state index contributed by atoms with van der Waals surface area (Å²) in [5.74, 6) is 0.0658. The van der Waals surface area contributed by atoms with Crippen LogP contribution in [-0.2, 0) is 13.0 Å². The second-order valence-electron chi connectivity index (χ2n) is 8.42. The van der Waals surface area contributed by atoms with Gasteiger partial charge in [0.25, 0.3) is 0 Å². The lowest BCUT2D eigenvalue weighted by molar-refractivity contribution is 0.153. The van der Waals surface area contributed by atoms with Crippen molar-refractivity contribution in [3.05, 3.63) is 46.6 Å². The summed E-state index contributed by atoms with van der Waals surface area (Å²) >= 11 is 0. The fraction of sp³-hybridized carbons (Fsp3) is 0.542. The molecule has 0 bridgehead atoms. The van der Waals surface area contributed by atoms with E-state index in [2.05, 4.69) is 26.5 Å². The van der Waals surface area contributed by atoms with Gasteiger partial charge in [0.1, 0.15) is 11.5 Å². The number of amides is 1. The fourth-order valence-corrected chi connectivity index (χ4v) is 4.27. The maximum atomic E-state index is 11.4. The van der Waals surface area contributed by atoms with E-state index in [0.29, 0.717) is 17.5 Å². The van der Waals surface area contributed by atoms with Crippen LogP contribution in [0.15, 0.2) is 29.9 Å². The Morgan fingerprint density at radius 1 is 1.31 bits per heavy atom. The minimum Gasteiger partial charge on any atom is -0.507 e. The Hall–Kier alpha value is -2.43. The molecule has 0 saturated carbocycles. The SMILES string of the molecule is C=C(C)C1CCC(C)=CC1c1c(O)cc(CCCCC)c(CN(C)C(=O)O)c1O. The number of phenolic OH excluding ortho intramolecular Hbond substituents is 2. The molecule has 0 heterocycles. The number of phenols is 2. The molecule has 160 valence electrons. The van der Waals surface area contributed by atoms with Crippen molar-refractivity contribution in [1.29, 1.82) is 0 Å². The van der Waals surface area contributed by atoms with Crippen molar-refractivity contribution in [2.45, 2.75) is 71.8 Å². The molecule has 1 amide bonds. The second-order valence-corrected chi connectivity index (χ2v) is 8.42. The first-order valence-corrected chi connectivity index (χ1v) is 10.5. The van der Waals surface area contributed by atoms with Gasteiger partial charge in [-0.3, -0.25) is 0 Å². The third kappa shape index (κ3) is 5.34. The summed E-state index contributed by atoms with van der Waals surface area (Å²) in [5.41, 5.74) is 4.14. The van der Waals surface area contributed by atoms with E-state index in [1.54, 1.807) is 6.07 Å². The molecule has 1 aromatic rings. The van der Waals surface area contributed by atoms with Gasteiger partial charge in [0.05, 0.1) is 6.54 Å². The molecule has 0 spiro atoms. The molecule has 0 fully saturated rings. The Kier molecular flexibility index (Phi) is 7.77. The molecule has 29 heavy (non-hydrogen) atoms. The number of nitrogens with zero attached hydrogens (tertiary/aromatic N) is 1. The first kappa shape index (κ1) is 22.9. The molecule has 0 saturated heterocycles. The number of benzene rings is 1. The summed E-state index contributed by atoms with van der Waals surface area (Å²) in [5, 5.41) is 31.5. The Bertz CT molecular complexity index is 797. The zero-order valence-electron chi connectivity index (χ0n) is 18.2. The lowest BCUT2D eigenvalue weighted by Gasteiger charge is -2.32. The van der Waals surface area contributed by atoms with Gasteiger partial charge in [-0.15, -0.1) is 0 Å². The van der Waals surface area contributed by atoms with E-state index >= 15 is 0 Å². The minimum absolute atomic E-state index is 0.0202. The van der Waals surface area contributed by atoms with Crippen molar-refractivity contribution in [2.75, 3.05) is 7.05 Å². The third-order valence-electron chi connectivity index (χ3n) is 6.00. The highest BCUT2D eigenvalue weighted by molar-refractivity contribution is 5.65. The van der Waals surface area contributed by atoms with Crippen LogP contribution in [0.25, 0.3) is 0 Å². The number of carboxylic acid groups (broad SMARTS) is 1. The van der Waals surface area contributed by atoms with Crippen molar-refractivity contribution in [3.8, 4) is 11.5 Å². The Morgan fingerprint density at radius 2 is 2.00 bits per heavy atom. The van der Waals surface area contributed by atoms with Crippen molar-refractivity contribution < 1.29 is 20.1 Å². The summed E-state index contributed by atoms with van der Waals surface area (Å²) in [7, 11) is 1.49. The van der Waals surface area contributed by atoms with E-state index in [9.17, 15) is 20.1 Å². The summed E-state index contributed by atoms with van der Waals surface area (Å²) in [4.78, 5) is 12.6. The van der Waals surface area contributed by atoms with Crippen LogP contribution in [0.1, 0.15) is 75.5 Å². The molecule has 0 aromatic heterocycles. The van der Waals surface area contributed by atoms with Crippen LogP contribution in [0.3, 0.4) is 0 Å². The number of allylic oxidation sites excluding steroid dienone is 3. The summed E-state index contributed by atoms with van der Waals surface area (Å²) < 4.78 is 0. The van der Waals surface area contributed by atoms with Crippen LogP contribution < -0.4 is 0 Å². The third-order valence-corrected chi connectivity index (χ3v) is 6.00. The number of rotatable bonds is 8. The van der Waals surface area contributed by atoms with Crippen LogP contribution in [0.4, 0.5) is 4.79 Å². The van der Waals surface area contributed by atoms with Gasteiger partial charge >= 0.3 is 6.09 Å². The number of aryl methyl sites for hydroxylation is 1. The van der Waals surface area contributed by atoms with Crippen LogP contribution in [0.5, 0.6) is 11.5 Å². The second kappa shape index (κ2) is 9.86. The van der Waals surface area contributed by atoms with Gasteiger partial charge in [-0.25, -0.2) is 4.79 Å². The van der Waals surface area contributed by atoms with Gasteiger partial charge in [-0.2, -0.15) is 0 Å². The van der Waals surface area contributed by atoms with Crippen molar-refractivity contribution in [2.24, 2.45) is 5.92 Å². The Morgan fingerprint density at radius 3 is 2.59 bits per heavy atom. The van der Waals surface area contributed by atoms with Gasteiger partial charge in [0.15, 0.2) is 0 Å². The highest BCUT2D eigenvalue weighted by Crippen LogP contribution is 2.48. The maximum absolute atomic E-state index is 11.4. The van der Waals surface area contributed by atoms with Crippen molar-refractivity contribution in [1.82, 2.24) is 4.90 Å². The summed E-state index contributed by atoms with van der Waals surface area (Å²) in [6, 6.07) is 1.73. The lowest BCUT2D eigenvalue weighted by atomic mass is 9.73. The number of unbranched alkanes of at least 4 members (excludes halogenated alkanes) is 2. The van der Waals surface area contributed by atoms with Gasteiger partial charge in [0.2, 0.25) is 0 Å². The van der Waals surface area contributed by atoms with E-state index in [-0.39, 0.29) is 29.9 Å². The van der Waals surface area contributed by atoms with Crippen LogP contribution in [-0.4, -0.2) is 33.4 Å². The topological polar surface area (TPSA) is 81.0 Å². The monoisotopic (exact) mass is 401 g/mol. The predicted molar refractivity (Wildman–Crippen MR) is 117 cm³/mol. The zero-order chi connectivity index (χ0) is 21.7. The molecule has 1 aliphatic rings. The molecule has 5 nitrogen and oxygen atoms in total. The van der Waals surface area contributed by atoms with E-state index < -0.39 is 6.09 Å². The van der Waals surface area contributed by atoms with Crippen LogP contribution in [0, 0.1) is 5.92 Å². The van der Waals surface area contributed by atoms with E-state index in [1.807, 2.05) is 6.92 Å². The summed E-state index contributed by atoms with van der Waals surface area (Å²) in [6.45, 7) is 10.4. The normalized spacial score (nSPS) is 19.0. The largest absolute Gasteiger partial charge is 0.507 e. The molecule has 0 aliphatic heterocycles. The molecule has 0 radical (unpaired) electrons. The van der Waals surface area contributed by atoms with E-state index in [4.69, 9.17) is 0 Å². The lowest BCUT2D eigenvalue weighted by Crippen LogP contribution is -2.25. The molecule has 2 rings (SSSR count). The van der Waals surface area contributed by atoms with Crippen LogP contribution >= 0.6 is 0 Å². The zero-order valence-corrected chi connectivity index (χ0v) is 18.2. The smallest absolute Gasteiger partial charge is 0.407 e. The fourth-order valence-electron chi connectivity index (χ4n) is 4.27. The predicted octanol–water partition coefficient (Wildman–Crippen LogP) is 5.96. The molecule has 1 aromatic carbocycles. The first-order valence-electron chi connectivity index (χ1n) is 10.5. The quantitative estimate of drug-likeness (QED) is 0.371. The molecular weight excluding hydrogens is 366 g/mol. The molecule has 2 atom stereocenters. The maximum Gasteiger partial charge on any atom is 0.407 e. The molecule has 3 N–H and O–H groups in total. The highest BCUT2D eigenvalue weighted by Gasteiger charge is 2.32. The highest BCUT2D eigenvalue weighted by atomic mass is 16.4. The molecule has 5 heteroatoms. The van der Waals surface area contributed by atoms with Gasteiger partial charge in [0, 0.05) is 24.1 Å². The van der Waals surface area contributed by atoms with Gasteiger partial charge in [-0.05, 0) is 57.1 Å². The molecular formula is C24H35NO4. The van der Waals surface area contributed by atoms with Crippen molar-refractivity contribution in [3.63, 3.8) is 0 Å². The molecule has 1 aliphatic carbocycles. The van der Waals surface area contributed by atoms with Gasteiger partial charge < -0.3 is 20.2 Å². The molecule has 2 unspecified atom stereocenters. The summed E-state index contributed by atoms with van der Waals surface area (Å²) in [6.07, 6.45) is 6.68. The number of hydrogen-bond donors (Lipinski definition) is 3.